The first-order chi connectivity index (χ1) is 12.0. The number of carboxylic acid groups (broad SMARTS) is 1. The van der Waals surface area contributed by atoms with E-state index in [0.29, 0.717) is 12.2 Å². The molecule has 2 unspecified atom stereocenters. The zero-order valence-electron chi connectivity index (χ0n) is 14.7. The van der Waals surface area contributed by atoms with Crippen LogP contribution in [0, 0.1) is 6.92 Å². The zero-order chi connectivity index (χ0) is 18.0. The Hall–Kier alpha value is -2.05. The van der Waals surface area contributed by atoms with Crippen LogP contribution < -0.4 is 9.47 Å². The van der Waals surface area contributed by atoms with Crippen LogP contribution in [0.3, 0.4) is 0 Å². The van der Waals surface area contributed by atoms with Crippen LogP contribution in [0.1, 0.15) is 34.9 Å². The monoisotopic (exact) mass is 361 g/mol. The summed E-state index contributed by atoms with van der Waals surface area (Å²) >= 11 is 1.66. The highest BCUT2D eigenvalue weighted by Gasteiger charge is 2.38. The van der Waals surface area contributed by atoms with Crippen molar-refractivity contribution in [3.05, 3.63) is 45.6 Å². The molecule has 6 heteroatoms. The molecule has 1 aliphatic heterocycles. The first-order valence-corrected chi connectivity index (χ1v) is 9.18. The molecule has 1 saturated heterocycles. The Morgan fingerprint density at radius 1 is 1.32 bits per heavy atom. The van der Waals surface area contributed by atoms with Gasteiger partial charge in [-0.05, 0) is 48.9 Å². The summed E-state index contributed by atoms with van der Waals surface area (Å²) in [4.78, 5) is 15.0. The number of benzene rings is 1. The summed E-state index contributed by atoms with van der Waals surface area (Å²) in [5, 5.41) is 11.8. The topological polar surface area (TPSA) is 59.0 Å². The molecule has 0 amide bonds. The van der Waals surface area contributed by atoms with E-state index >= 15 is 0 Å². The minimum atomic E-state index is -0.761. The SMILES string of the molecule is COc1ccc(C(c2cc(C)cs2)N2CCCC2C(=O)O)c(OC)c1. The van der Waals surface area contributed by atoms with Crippen molar-refractivity contribution < 1.29 is 19.4 Å². The lowest BCUT2D eigenvalue weighted by molar-refractivity contribution is -0.142. The van der Waals surface area contributed by atoms with Crippen molar-refractivity contribution in [1.82, 2.24) is 4.90 Å². The normalized spacial score (nSPS) is 18.9. The van der Waals surface area contributed by atoms with Gasteiger partial charge in [0.05, 0.1) is 20.3 Å². The molecule has 1 aliphatic rings. The van der Waals surface area contributed by atoms with Crippen molar-refractivity contribution in [3.63, 3.8) is 0 Å². The molecular weight excluding hydrogens is 338 g/mol. The van der Waals surface area contributed by atoms with Crippen LogP contribution in [0.4, 0.5) is 0 Å². The molecule has 3 rings (SSSR count). The predicted octanol–water partition coefficient (Wildman–Crippen LogP) is 3.71. The number of carboxylic acids is 1. The summed E-state index contributed by atoms with van der Waals surface area (Å²) < 4.78 is 10.9. The molecule has 0 radical (unpaired) electrons. The van der Waals surface area contributed by atoms with Crippen LogP contribution in [0.25, 0.3) is 0 Å². The van der Waals surface area contributed by atoms with E-state index in [4.69, 9.17) is 9.47 Å². The fraction of sp³-hybridized carbons (Fsp3) is 0.421. The molecule has 0 saturated carbocycles. The van der Waals surface area contributed by atoms with Crippen LogP contribution in [0.15, 0.2) is 29.6 Å². The quantitative estimate of drug-likeness (QED) is 0.850. The van der Waals surface area contributed by atoms with Gasteiger partial charge in [-0.3, -0.25) is 9.69 Å². The van der Waals surface area contributed by atoms with Crippen molar-refractivity contribution in [3.8, 4) is 11.5 Å². The maximum Gasteiger partial charge on any atom is 0.320 e. The molecule has 134 valence electrons. The minimum Gasteiger partial charge on any atom is -0.497 e. The minimum absolute atomic E-state index is 0.136. The van der Waals surface area contributed by atoms with Gasteiger partial charge in [-0.15, -0.1) is 11.3 Å². The van der Waals surface area contributed by atoms with Crippen molar-refractivity contribution in [1.29, 1.82) is 0 Å². The van der Waals surface area contributed by atoms with Gasteiger partial charge in [0, 0.05) is 23.1 Å². The lowest BCUT2D eigenvalue weighted by atomic mass is 10.0. The average molecular weight is 361 g/mol. The van der Waals surface area contributed by atoms with Gasteiger partial charge < -0.3 is 14.6 Å². The van der Waals surface area contributed by atoms with E-state index in [2.05, 4.69) is 23.3 Å². The molecule has 2 atom stereocenters. The largest absolute Gasteiger partial charge is 0.497 e. The Bertz CT molecular complexity index is 758. The number of ether oxygens (including phenoxy) is 2. The third kappa shape index (κ3) is 3.50. The third-order valence-corrected chi connectivity index (χ3v) is 5.77. The summed E-state index contributed by atoms with van der Waals surface area (Å²) in [6, 6.07) is 7.26. The highest BCUT2D eigenvalue weighted by molar-refractivity contribution is 7.10. The molecule has 0 bridgehead atoms. The molecule has 2 aromatic rings. The number of aryl methyl sites for hydroxylation is 1. The molecule has 1 N–H and O–H groups in total. The Balaban J connectivity index is 2.10. The van der Waals surface area contributed by atoms with Gasteiger partial charge in [-0.25, -0.2) is 0 Å². The molecule has 1 aromatic heterocycles. The number of aliphatic carboxylic acids is 1. The van der Waals surface area contributed by atoms with E-state index in [0.717, 1.165) is 29.2 Å². The number of carbonyl (C=O) groups is 1. The number of thiophene rings is 1. The van der Waals surface area contributed by atoms with E-state index in [-0.39, 0.29) is 6.04 Å². The number of methoxy groups -OCH3 is 2. The van der Waals surface area contributed by atoms with Gasteiger partial charge in [0.1, 0.15) is 17.5 Å². The maximum absolute atomic E-state index is 11.7. The van der Waals surface area contributed by atoms with Crippen molar-refractivity contribution in [2.75, 3.05) is 20.8 Å². The number of hydrogen-bond donors (Lipinski definition) is 1. The second kappa shape index (κ2) is 7.45. The smallest absolute Gasteiger partial charge is 0.320 e. The molecule has 0 aliphatic carbocycles. The number of likely N-dealkylation sites (tertiary alicyclic amines) is 1. The Morgan fingerprint density at radius 2 is 2.12 bits per heavy atom. The third-order valence-electron chi connectivity index (χ3n) is 4.67. The van der Waals surface area contributed by atoms with Crippen LogP contribution in [-0.2, 0) is 4.79 Å². The zero-order valence-corrected chi connectivity index (χ0v) is 15.5. The summed E-state index contributed by atoms with van der Waals surface area (Å²) in [7, 11) is 3.25. The molecule has 0 spiro atoms. The van der Waals surface area contributed by atoms with E-state index in [1.165, 1.54) is 5.56 Å². The highest BCUT2D eigenvalue weighted by atomic mass is 32.1. The molecule has 2 heterocycles. The first-order valence-electron chi connectivity index (χ1n) is 8.30. The van der Waals surface area contributed by atoms with E-state index in [9.17, 15) is 9.90 Å². The van der Waals surface area contributed by atoms with Crippen LogP contribution in [-0.4, -0.2) is 42.8 Å². The number of rotatable bonds is 6. The standard InChI is InChI=1S/C19H23NO4S/c1-12-9-17(25-11-12)18(20-8-4-5-15(20)19(21)22)14-7-6-13(23-2)10-16(14)24-3/h6-7,9-11,15,18H,4-5,8H2,1-3H3,(H,21,22). The van der Waals surface area contributed by atoms with Crippen LogP contribution >= 0.6 is 11.3 Å². The van der Waals surface area contributed by atoms with Crippen molar-refractivity contribution in [2.45, 2.75) is 31.8 Å². The van der Waals surface area contributed by atoms with Crippen LogP contribution in [0.5, 0.6) is 11.5 Å². The van der Waals surface area contributed by atoms with Crippen LogP contribution in [0.2, 0.25) is 0 Å². The Kier molecular flexibility index (Phi) is 5.30. The molecule has 1 fully saturated rings. The number of nitrogens with zero attached hydrogens (tertiary/aromatic N) is 1. The van der Waals surface area contributed by atoms with Gasteiger partial charge in [-0.2, -0.15) is 0 Å². The highest BCUT2D eigenvalue weighted by Crippen LogP contribution is 2.42. The fourth-order valence-corrected chi connectivity index (χ4v) is 4.53. The molecule has 1 aromatic carbocycles. The molecule has 5 nitrogen and oxygen atoms in total. The first kappa shape index (κ1) is 17.8. The number of hydrogen-bond acceptors (Lipinski definition) is 5. The van der Waals surface area contributed by atoms with Gasteiger partial charge >= 0.3 is 5.97 Å². The molecule has 25 heavy (non-hydrogen) atoms. The van der Waals surface area contributed by atoms with Gasteiger partial charge in [-0.1, -0.05) is 0 Å². The lowest BCUT2D eigenvalue weighted by Crippen LogP contribution is -2.39. The van der Waals surface area contributed by atoms with Gasteiger partial charge in [0.25, 0.3) is 0 Å². The predicted molar refractivity (Wildman–Crippen MR) is 97.8 cm³/mol. The average Bonchev–Trinajstić information content (AvgIpc) is 3.25. The van der Waals surface area contributed by atoms with Crippen molar-refractivity contribution in [2.24, 2.45) is 0 Å². The van der Waals surface area contributed by atoms with E-state index < -0.39 is 12.0 Å². The van der Waals surface area contributed by atoms with E-state index in [1.807, 2.05) is 18.2 Å². The summed E-state index contributed by atoms with van der Waals surface area (Å²) in [5.41, 5.74) is 2.15. The Morgan fingerprint density at radius 3 is 2.72 bits per heavy atom. The lowest BCUT2D eigenvalue weighted by Gasteiger charge is -2.32. The summed E-state index contributed by atoms with van der Waals surface area (Å²) in [5.74, 6) is 0.674. The summed E-state index contributed by atoms with van der Waals surface area (Å²) in [6.45, 7) is 2.81. The van der Waals surface area contributed by atoms with Gasteiger partial charge in [0.2, 0.25) is 0 Å². The maximum atomic E-state index is 11.7. The second-order valence-corrected chi connectivity index (χ2v) is 7.21. The Labute approximate surface area is 151 Å². The fourth-order valence-electron chi connectivity index (χ4n) is 3.50. The van der Waals surface area contributed by atoms with Gasteiger partial charge in [0.15, 0.2) is 0 Å². The summed E-state index contributed by atoms with van der Waals surface area (Å²) in [6.07, 6.45) is 1.56. The second-order valence-electron chi connectivity index (χ2n) is 6.27. The molecular formula is C19H23NO4S. The van der Waals surface area contributed by atoms with Crippen molar-refractivity contribution >= 4 is 17.3 Å². The van der Waals surface area contributed by atoms with E-state index in [1.54, 1.807) is 25.6 Å².